The summed E-state index contributed by atoms with van der Waals surface area (Å²) in [5, 5.41) is 10.7. The molecule has 1 aromatic rings. The van der Waals surface area contributed by atoms with Gasteiger partial charge in [0, 0.05) is 23.7 Å². The highest BCUT2D eigenvalue weighted by molar-refractivity contribution is 7.90. The number of rotatable bonds is 7. The molecule has 20 heavy (non-hydrogen) atoms. The maximum atomic E-state index is 12.0. The standard InChI is InChI=1S/C12H18N2O5S/c1-9(13)5-6-20(17,18)8-10-7-11(14(15)16)3-4-12(10)19-2/h3-4,7,9H,5-6,8,13H2,1-2H3. The van der Waals surface area contributed by atoms with E-state index in [2.05, 4.69) is 0 Å². The Morgan fingerprint density at radius 1 is 1.45 bits per heavy atom. The Kier molecular flexibility index (Phi) is 5.46. The lowest BCUT2D eigenvalue weighted by Gasteiger charge is -2.10. The molecule has 2 N–H and O–H groups in total. The third-order valence-electron chi connectivity index (χ3n) is 2.73. The zero-order chi connectivity index (χ0) is 15.3. The first kappa shape index (κ1) is 16.4. The van der Waals surface area contributed by atoms with Crippen molar-refractivity contribution >= 4 is 15.5 Å². The minimum Gasteiger partial charge on any atom is -0.496 e. The number of benzene rings is 1. The number of nitro groups is 1. The van der Waals surface area contributed by atoms with Crippen molar-refractivity contribution in [2.75, 3.05) is 12.9 Å². The van der Waals surface area contributed by atoms with E-state index in [1.807, 2.05) is 0 Å². The lowest BCUT2D eigenvalue weighted by molar-refractivity contribution is -0.384. The quantitative estimate of drug-likeness (QED) is 0.599. The molecule has 1 unspecified atom stereocenters. The van der Waals surface area contributed by atoms with Gasteiger partial charge in [0.2, 0.25) is 0 Å². The zero-order valence-electron chi connectivity index (χ0n) is 11.4. The second-order valence-corrected chi connectivity index (χ2v) is 6.80. The number of non-ortho nitro benzene ring substituents is 1. The number of sulfone groups is 1. The van der Waals surface area contributed by atoms with Gasteiger partial charge in [0.15, 0.2) is 9.84 Å². The van der Waals surface area contributed by atoms with E-state index < -0.39 is 14.8 Å². The molecule has 112 valence electrons. The largest absolute Gasteiger partial charge is 0.496 e. The highest BCUT2D eigenvalue weighted by Crippen LogP contribution is 2.26. The fourth-order valence-electron chi connectivity index (χ4n) is 1.67. The molecule has 0 saturated carbocycles. The normalized spacial score (nSPS) is 12.9. The number of nitrogens with zero attached hydrogens (tertiary/aromatic N) is 1. The highest BCUT2D eigenvalue weighted by Gasteiger charge is 2.18. The second kappa shape index (κ2) is 6.67. The Morgan fingerprint density at radius 2 is 2.10 bits per heavy atom. The summed E-state index contributed by atoms with van der Waals surface area (Å²) in [6, 6.07) is 3.69. The van der Waals surface area contributed by atoms with Gasteiger partial charge in [-0.3, -0.25) is 10.1 Å². The van der Waals surface area contributed by atoms with E-state index in [1.54, 1.807) is 6.92 Å². The van der Waals surface area contributed by atoms with Gasteiger partial charge in [0.1, 0.15) is 5.75 Å². The number of hydrogen-bond donors (Lipinski definition) is 1. The highest BCUT2D eigenvalue weighted by atomic mass is 32.2. The zero-order valence-corrected chi connectivity index (χ0v) is 12.2. The topological polar surface area (TPSA) is 113 Å². The summed E-state index contributed by atoms with van der Waals surface area (Å²) in [5.74, 6) is -0.0406. The van der Waals surface area contributed by atoms with Gasteiger partial charge in [-0.05, 0) is 19.4 Å². The van der Waals surface area contributed by atoms with Crippen molar-refractivity contribution in [1.29, 1.82) is 0 Å². The third-order valence-corrected chi connectivity index (χ3v) is 4.34. The Morgan fingerprint density at radius 3 is 2.60 bits per heavy atom. The van der Waals surface area contributed by atoms with Crippen molar-refractivity contribution in [2.24, 2.45) is 5.73 Å². The van der Waals surface area contributed by atoms with Gasteiger partial charge in [-0.2, -0.15) is 0 Å². The van der Waals surface area contributed by atoms with Crippen LogP contribution in [0.3, 0.4) is 0 Å². The van der Waals surface area contributed by atoms with Crippen LogP contribution in [-0.4, -0.2) is 32.2 Å². The fraction of sp³-hybridized carbons (Fsp3) is 0.500. The van der Waals surface area contributed by atoms with Crippen LogP contribution in [0.15, 0.2) is 18.2 Å². The number of hydrogen-bond acceptors (Lipinski definition) is 6. The smallest absolute Gasteiger partial charge is 0.270 e. The third kappa shape index (κ3) is 4.78. The molecule has 0 amide bonds. The van der Waals surface area contributed by atoms with Crippen molar-refractivity contribution in [3.8, 4) is 5.75 Å². The van der Waals surface area contributed by atoms with Crippen LogP contribution < -0.4 is 10.5 Å². The monoisotopic (exact) mass is 302 g/mol. The molecule has 8 heteroatoms. The van der Waals surface area contributed by atoms with Crippen LogP contribution in [-0.2, 0) is 15.6 Å². The van der Waals surface area contributed by atoms with Crippen LogP contribution >= 0.6 is 0 Å². The SMILES string of the molecule is COc1ccc([N+](=O)[O-])cc1CS(=O)(=O)CCC(C)N. The molecule has 0 heterocycles. The van der Waals surface area contributed by atoms with E-state index in [1.165, 1.54) is 25.3 Å². The van der Waals surface area contributed by atoms with E-state index in [0.717, 1.165) is 0 Å². The molecule has 0 radical (unpaired) electrons. The van der Waals surface area contributed by atoms with Gasteiger partial charge in [-0.25, -0.2) is 8.42 Å². The molecule has 0 aliphatic rings. The first-order chi connectivity index (χ1) is 9.25. The summed E-state index contributed by atoms with van der Waals surface area (Å²) in [7, 11) is -2.00. The Bertz CT molecular complexity index is 584. The van der Waals surface area contributed by atoms with Gasteiger partial charge >= 0.3 is 0 Å². The van der Waals surface area contributed by atoms with Crippen molar-refractivity contribution < 1.29 is 18.1 Å². The van der Waals surface area contributed by atoms with Crippen LogP contribution in [0.4, 0.5) is 5.69 Å². The molecule has 0 bridgehead atoms. The maximum Gasteiger partial charge on any atom is 0.270 e. The molecule has 1 atom stereocenters. The molecule has 1 rings (SSSR count). The van der Waals surface area contributed by atoms with E-state index >= 15 is 0 Å². The minimum atomic E-state index is -3.39. The van der Waals surface area contributed by atoms with Crippen LogP contribution in [0.5, 0.6) is 5.75 Å². The number of nitrogens with two attached hydrogens (primary N) is 1. The van der Waals surface area contributed by atoms with Gasteiger partial charge in [-0.1, -0.05) is 0 Å². The summed E-state index contributed by atoms with van der Waals surface area (Å²) in [5.41, 5.74) is 5.65. The first-order valence-electron chi connectivity index (χ1n) is 6.02. The van der Waals surface area contributed by atoms with E-state index in [4.69, 9.17) is 10.5 Å². The molecule has 0 fully saturated rings. The van der Waals surface area contributed by atoms with Crippen LogP contribution in [0.2, 0.25) is 0 Å². The van der Waals surface area contributed by atoms with Crippen LogP contribution in [0.25, 0.3) is 0 Å². The average molecular weight is 302 g/mol. The lowest BCUT2D eigenvalue weighted by Crippen LogP contribution is -2.21. The van der Waals surface area contributed by atoms with E-state index in [-0.39, 0.29) is 28.8 Å². The number of methoxy groups -OCH3 is 1. The number of nitro benzene ring substituents is 1. The van der Waals surface area contributed by atoms with Crippen molar-refractivity contribution in [3.05, 3.63) is 33.9 Å². The number of ether oxygens (including phenoxy) is 1. The molecule has 0 aliphatic carbocycles. The van der Waals surface area contributed by atoms with Gasteiger partial charge in [-0.15, -0.1) is 0 Å². The van der Waals surface area contributed by atoms with Crippen LogP contribution in [0, 0.1) is 10.1 Å². The summed E-state index contributed by atoms with van der Waals surface area (Å²) in [4.78, 5) is 10.2. The van der Waals surface area contributed by atoms with Crippen molar-refractivity contribution in [3.63, 3.8) is 0 Å². The van der Waals surface area contributed by atoms with Gasteiger partial charge in [0.25, 0.3) is 5.69 Å². The second-order valence-electron chi connectivity index (χ2n) is 4.61. The Hall–Kier alpha value is -1.67. The predicted molar refractivity (Wildman–Crippen MR) is 75.4 cm³/mol. The Balaban J connectivity index is 3.00. The summed E-state index contributed by atoms with van der Waals surface area (Å²) < 4.78 is 29.0. The lowest BCUT2D eigenvalue weighted by atomic mass is 10.2. The maximum absolute atomic E-state index is 12.0. The molecular formula is C12H18N2O5S. The summed E-state index contributed by atoms with van der Waals surface area (Å²) >= 11 is 0. The molecule has 0 aliphatic heterocycles. The molecule has 0 saturated heterocycles. The molecule has 7 nitrogen and oxygen atoms in total. The van der Waals surface area contributed by atoms with E-state index in [0.29, 0.717) is 12.2 Å². The molecular weight excluding hydrogens is 284 g/mol. The molecule has 0 spiro atoms. The average Bonchev–Trinajstić information content (AvgIpc) is 2.36. The predicted octanol–water partition coefficient (Wildman–Crippen LogP) is 1.26. The van der Waals surface area contributed by atoms with Crippen molar-refractivity contribution in [2.45, 2.75) is 25.1 Å². The summed E-state index contributed by atoms with van der Waals surface area (Å²) in [6.45, 7) is 1.73. The van der Waals surface area contributed by atoms with Gasteiger partial charge in [0.05, 0.1) is 23.5 Å². The fourth-order valence-corrected chi connectivity index (χ4v) is 3.24. The molecule has 1 aromatic carbocycles. The van der Waals surface area contributed by atoms with Crippen molar-refractivity contribution in [1.82, 2.24) is 0 Å². The molecule has 0 aromatic heterocycles. The Labute approximate surface area is 117 Å². The summed E-state index contributed by atoms with van der Waals surface area (Å²) in [6.07, 6.45) is 0.347. The van der Waals surface area contributed by atoms with Gasteiger partial charge < -0.3 is 10.5 Å². The minimum absolute atomic E-state index is 0.0590. The van der Waals surface area contributed by atoms with E-state index in [9.17, 15) is 18.5 Å². The van der Waals surface area contributed by atoms with Crippen LogP contribution in [0.1, 0.15) is 18.9 Å². The first-order valence-corrected chi connectivity index (χ1v) is 7.84.